The number of carbonyl (C=O) groups is 1. The second kappa shape index (κ2) is 7.75. The van der Waals surface area contributed by atoms with Gasteiger partial charge < -0.3 is 0 Å². The molecule has 0 aliphatic rings. The van der Waals surface area contributed by atoms with Crippen molar-refractivity contribution in [3.63, 3.8) is 0 Å². The van der Waals surface area contributed by atoms with E-state index < -0.39 is 5.91 Å². The van der Waals surface area contributed by atoms with Gasteiger partial charge in [-0.3, -0.25) is 10.1 Å². The van der Waals surface area contributed by atoms with E-state index in [1.807, 2.05) is 60.0 Å². The average Bonchev–Trinajstić information content (AvgIpc) is 3.09. The fourth-order valence-corrected chi connectivity index (χ4v) is 3.09. The molecule has 1 aromatic heterocycles. The lowest BCUT2D eigenvalue weighted by Crippen LogP contribution is -2.13. The van der Waals surface area contributed by atoms with Crippen molar-refractivity contribution in [2.75, 3.05) is 5.32 Å². The van der Waals surface area contributed by atoms with Gasteiger partial charge in [-0.2, -0.15) is 5.26 Å². The zero-order valence-electron chi connectivity index (χ0n) is 12.9. The number of anilines is 1. The second-order valence-electron chi connectivity index (χ2n) is 5.05. The van der Waals surface area contributed by atoms with Gasteiger partial charge in [0, 0.05) is 16.0 Å². The summed E-state index contributed by atoms with van der Waals surface area (Å²) in [5.74, 6) is -0.494. The van der Waals surface area contributed by atoms with Crippen LogP contribution >= 0.6 is 22.9 Å². The summed E-state index contributed by atoms with van der Waals surface area (Å²) in [4.78, 5) is 16.7. The minimum atomic E-state index is -0.494. The summed E-state index contributed by atoms with van der Waals surface area (Å²) in [6.45, 7) is 0. The number of hydrogen-bond donors (Lipinski definition) is 1. The van der Waals surface area contributed by atoms with Gasteiger partial charge in [0.05, 0.1) is 5.69 Å². The van der Waals surface area contributed by atoms with Crippen molar-refractivity contribution in [3.8, 4) is 17.3 Å². The number of rotatable bonds is 4. The first-order chi connectivity index (χ1) is 12.2. The highest BCUT2D eigenvalue weighted by Gasteiger charge is 2.13. The van der Waals surface area contributed by atoms with Gasteiger partial charge in [-0.05, 0) is 17.7 Å². The number of hydrogen-bond acceptors (Lipinski definition) is 4. The fraction of sp³-hybridized carbons (Fsp3) is 0. The van der Waals surface area contributed by atoms with Gasteiger partial charge in [0.25, 0.3) is 5.91 Å². The van der Waals surface area contributed by atoms with E-state index in [1.54, 1.807) is 6.07 Å². The molecule has 0 fully saturated rings. The molecule has 0 saturated heterocycles. The van der Waals surface area contributed by atoms with Crippen molar-refractivity contribution >= 4 is 40.1 Å². The van der Waals surface area contributed by atoms with Crippen molar-refractivity contribution < 1.29 is 4.79 Å². The van der Waals surface area contributed by atoms with Crippen LogP contribution in [0.4, 0.5) is 5.13 Å². The van der Waals surface area contributed by atoms with Crippen molar-refractivity contribution in [1.82, 2.24) is 4.98 Å². The predicted octanol–water partition coefficient (Wildman–Crippen LogP) is 5.01. The topological polar surface area (TPSA) is 65.8 Å². The van der Waals surface area contributed by atoms with Crippen LogP contribution in [0.25, 0.3) is 17.3 Å². The maximum atomic E-state index is 12.3. The zero-order valence-corrected chi connectivity index (χ0v) is 14.5. The summed E-state index contributed by atoms with van der Waals surface area (Å²) in [5, 5.41) is 14.7. The van der Waals surface area contributed by atoms with Crippen molar-refractivity contribution in [3.05, 3.63) is 76.1 Å². The number of benzene rings is 2. The molecule has 2 aromatic carbocycles. The zero-order chi connectivity index (χ0) is 17.6. The van der Waals surface area contributed by atoms with Gasteiger partial charge in [0.1, 0.15) is 11.6 Å². The molecular formula is C19H12ClN3OS. The van der Waals surface area contributed by atoms with Crippen molar-refractivity contribution in [2.45, 2.75) is 0 Å². The SMILES string of the molecule is N#C/C(=C\c1ccccc1)C(=O)Nc1nc(-c2ccccc2Cl)cs1. The lowest BCUT2D eigenvalue weighted by Gasteiger charge is -2.01. The first kappa shape index (κ1) is 16.9. The number of nitrogens with one attached hydrogen (secondary N) is 1. The molecular weight excluding hydrogens is 354 g/mol. The third kappa shape index (κ3) is 4.13. The Bertz CT molecular complexity index is 974. The Morgan fingerprint density at radius 3 is 2.60 bits per heavy atom. The summed E-state index contributed by atoms with van der Waals surface area (Å²) in [6, 6.07) is 18.5. The van der Waals surface area contributed by atoms with Gasteiger partial charge in [0.15, 0.2) is 5.13 Å². The number of nitrogens with zero attached hydrogens (tertiary/aromatic N) is 2. The van der Waals surface area contributed by atoms with Gasteiger partial charge in [-0.1, -0.05) is 60.1 Å². The van der Waals surface area contributed by atoms with E-state index >= 15 is 0 Å². The molecule has 3 aromatic rings. The van der Waals surface area contributed by atoms with E-state index in [-0.39, 0.29) is 5.57 Å². The molecule has 1 N–H and O–H groups in total. The Morgan fingerprint density at radius 2 is 1.88 bits per heavy atom. The molecule has 1 amide bonds. The van der Waals surface area contributed by atoms with E-state index in [2.05, 4.69) is 10.3 Å². The Kier molecular flexibility index (Phi) is 5.24. The maximum absolute atomic E-state index is 12.3. The first-order valence-electron chi connectivity index (χ1n) is 7.36. The summed E-state index contributed by atoms with van der Waals surface area (Å²) in [6.07, 6.45) is 1.54. The summed E-state index contributed by atoms with van der Waals surface area (Å²) in [5.41, 5.74) is 2.27. The van der Waals surface area contributed by atoms with Crippen molar-refractivity contribution in [2.24, 2.45) is 0 Å². The molecule has 0 radical (unpaired) electrons. The highest BCUT2D eigenvalue weighted by Crippen LogP contribution is 2.30. The molecule has 25 heavy (non-hydrogen) atoms. The fourth-order valence-electron chi connectivity index (χ4n) is 2.15. The summed E-state index contributed by atoms with van der Waals surface area (Å²) >= 11 is 7.44. The van der Waals surface area contributed by atoms with Crippen LogP contribution in [0.1, 0.15) is 5.56 Å². The van der Waals surface area contributed by atoms with Crippen LogP contribution in [-0.4, -0.2) is 10.9 Å². The molecule has 0 spiro atoms. The monoisotopic (exact) mass is 365 g/mol. The molecule has 3 rings (SSSR count). The largest absolute Gasteiger partial charge is 0.297 e. The Labute approximate surface area is 154 Å². The number of thiazole rings is 1. The lowest BCUT2D eigenvalue weighted by molar-refractivity contribution is -0.112. The predicted molar refractivity (Wildman–Crippen MR) is 101 cm³/mol. The number of aromatic nitrogens is 1. The Balaban J connectivity index is 1.79. The molecule has 4 nitrogen and oxygen atoms in total. The molecule has 0 aliphatic heterocycles. The summed E-state index contributed by atoms with van der Waals surface area (Å²) < 4.78 is 0. The number of halogens is 1. The standard InChI is InChI=1S/C19H12ClN3OS/c20-16-9-5-4-8-15(16)17-12-25-19(22-17)23-18(24)14(11-21)10-13-6-2-1-3-7-13/h1-10,12H,(H,22,23,24)/b14-10+. The van der Waals surface area contributed by atoms with Crippen LogP contribution in [0.2, 0.25) is 5.02 Å². The maximum Gasteiger partial charge on any atom is 0.268 e. The Morgan fingerprint density at radius 1 is 1.16 bits per heavy atom. The molecule has 0 bridgehead atoms. The van der Waals surface area contributed by atoms with Crippen LogP contribution in [0, 0.1) is 11.3 Å². The second-order valence-corrected chi connectivity index (χ2v) is 6.32. The lowest BCUT2D eigenvalue weighted by atomic mass is 10.1. The third-order valence-electron chi connectivity index (χ3n) is 3.35. The van der Waals surface area contributed by atoms with Crippen molar-refractivity contribution in [1.29, 1.82) is 5.26 Å². The number of nitriles is 1. The minimum absolute atomic E-state index is 0.0145. The van der Waals surface area contributed by atoms with Gasteiger partial charge in [-0.15, -0.1) is 11.3 Å². The van der Waals surface area contributed by atoms with E-state index in [0.29, 0.717) is 15.8 Å². The highest BCUT2D eigenvalue weighted by atomic mass is 35.5. The Hall–Kier alpha value is -2.94. The quantitative estimate of drug-likeness (QED) is 0.522. The molecule has 0 atom stereocenters. The molecule has 0 unspecified atom stereocenters. The van der Waals surface area contributed by atoms with E-state index in [0.717, 1.165) is 11.1 Å². The highest BCUT2D eigenvalue weighted by molar-refractivity contribution is 7.14. The van der Waals surface area contributed by atoms with Crippen LogP contribution in [0.3, 0.4) is 0 Å². The van der Waals surface area contributed by atoms with Crippen LogP contribution in [0.5, 0.6) is 0 Å². The van der Waals surface area contributed by atoms with Crippen LogP contribution in [-0.2, 0) is 4.79 Å². The molecule has 122 valence electrons. The van der Waals surface area contributed by atoms with Gasteiger partial charge >= 0.3 is 0 Å². The number of carbonyl (C=O) groups excluding carboxylic acids is 1. The van der Waals surface area contributed by atoms with Crippen LogP contribution < -0.4 is 5.32 Å². The van der Waals surface area contributed by atoms with Gasteiger partial charge in [0.2, 0.25) is 0 Å². The van der Waals surface area contributed by atoms with E-state index in [1.165, 1.54) is 17.4 Å². The third-order valence-corrected chi connectivity index (χ3v) is 4.44. The van der Waals surface area contributed by atoms with Crippen LogP contribution in [0.15, 0.2) is 65.6 Å². The van der Waals surface area contributed by atoms with Gasteiger partial charge in [-0.25, -0.2) is 4.98 Å². The van der Waals surface area contributed by atoms with E-state index in [4.69, 9.17) is 11.6 Å². The average molecular weight is 366 g/mol. The summed E-state index contributed by atoms with van der Waals surface area (Å²) in [7, 11) is 0. The number of amides is 1. The molecule has 0 saturated carbocycles. The minimum Gasteiger partial charge on any atom is -0.297 e. The molecule has 0 aliphatic carbocycles. The first-order valence-corrected chi connectivity index (χ1v) is 8.62. The molecule has 6 heteroatoms. The van der Waals surface area contributed by atoms with E-state index in [9.17, 15) is 10.1 Å². The smallest absolute Gasteiger partial charge is 0.268 e. The normalized spacial score (nSPS) is 11.0. The molecule has 1 heterocycles.